The molecule has 2 rings (SSSR count). The van der Waals surface area contributed by atoms with E-state index in [0.29, 0.717) is 12.5 Å². The second-order valence-electron chi connectivity index (χ2n) is 4.63. The monoisotopic (exact) mass is 269 g/mol. The van der Waals surface area contributed by atoms with Crippen LogP contribution >= 0.6 is 11.6 Å². The molecule has 1 unspecified atom stereocenters. The first-order chi connectivity index (χ1) is 8.85. The van der Waals surface area contributed by atoms with Gasteiger partial charge in [0.2, 0.25) is 0 Å². The summed E-state index contributed by atoms with van der Waals surface area (Å²) >= 11 is 5.81. The third-order valence-corrected chi connectivity index (χ3v) is 3.51. The maximum Gasteiger partial charge on any atom is 0.133 e. The number of aromatic nitrogens is 2. The van der Waals surface area contributed by atoms with Gasteiger partial charge in [-0.25, -0.2) is 9.97 Å². The third-order valence-electron chi connectivity index (χ3n) is 3.29. The van der Waals surface area contributed by atoms with Crippen molar-refractivity contribution in [2.75, 3.05) is 24.9 Å². The summed E-state index contributed by atoms with van der Waals surface area (Å²) < 4.78 is 5.21. The average molecular weight is 270 g/mol. The Hall–Kier alpha value is -0.870. The minimum Gasteiger partial charge on any atom is -0.383 e. The topological polar surface area (TPSA) is 47.0 Å². The fourth-order valence-corrected chi connectivity index (χ4v) is 2.63. The van der Waals surface area contributed by atoms with E-state index in [1.807, 2.05) is 0 Å². The molecule has 0 bridgehead atoms. The number of rotatable bonds is 6. The second-order valence-corrected chi connectivity index (χ2v) is 5.01. The number of hydrogen-bond donors (Lipinski definition) is 1. The molecule has 0 saturated heterocycles. The quantitative estimate of drug-likeness (QED) is 0.806. The van der Waals surface area contributed by atoms with E-state index >= 15 is 0 Å². The maximum absolute atomic E-state index is 5.81. The highest BCUT2D eigenvalue weighted by atomic mass is 35.5. The van der Waals surface area contributed by atoms with Crippen molar-refractivity contribution in [2.45, 2.75) is 38.1 Å². The number of hydrogen-bond acceptors (Lipinski definition) is 4. The van der Waals surface area contributed by atoms with Crippen LogP contribution in [0, 0.1) is 0 Å². The fraction of sp³-hybridized carbons (Fsp3) is 0.692. The molecule has 1 atom stereocenters. The Kier molecular flexibility index (Phi) is 5.20. The number of nitrogens with zero attached hydrogens (tertiary/aromatic N) is 2. The third kappa shape index (κ3) is 3.33. The van der Waals surface area contributed by atoms with Gasteiger partial charge in [-0.15, -0.1) is 11.6 Å². The minimum absolute atomic E-state index is 0.216. The Bertz CT molecular complexity index is 380. The van der Waals surface area contributed by atoms with Crippen LogP contribution in [0.3, 0.4) is 0 Å². The van der Waals surface area contributed by atoms with Gasteiger partial charge >= 0.3 is 0 Å². The highest BCUT2D eigenvalue weighted by Crippen LogP contribution is 2.25. The van der Waals surface area contributed by atoms with E-state index in [9.17, 15) is 0 Å². The van der Waals surface area contributed by atoms with E-state index in [0.717, 1.165) is 25.1 Å². The van der Waals surface area contributed by atoms with Crippen LogP contribution in [-0.2, 0) is 17.6 Å². The molecule has 4 nitrogen and oxygen atoms in total. The zero-order valence-electron chi connectivity index (χ0n) is 10.8. The first-order valence-corrected chi connectivity index (χ1v) is 7.02. The van der Waals surface area contributed by atoms with Gasteiger partial charge < -0.3 is 10.1 Å². The van der Waals surface area contributed by atoms with Crippen LogP contribution in [0.1, 0.15) is 30.5 Å². The van der Waals surface area contributed by atoms with Gasteiger partial charge in [-0.3, -0.25) is 0 Å². The molecule has 1 aliphatic carbocycles. The number of methoxy groups -OCH3 is 1. The molecule has 18 heavy (non-hydrogen) atoms. The number of alkyl halides is 1. The lowest BCUT2D eigenvalue weighted by molar-refractivity contribution is 0.184. The van der Waals surface area contributed by atoms with Crippen LogP contribution in [0.2, 0.25) is 0 Å². The molecule has 0 radical (unpaired) electrons. The molecule has 0 spiro atoms. The standard InChI is InChI=1S/C13H20ClN3O/c1-18-8-10(6-7-14)17-13-11-4-2-3-5-12(11)15-9-16-13/h9-10H,2-8H2,1H3,(H,15,16,17). The van der Waals surface area contributed by atoms with Crippen LogP contribution < -0.4 is 5.32 Å². The summed E-state index contributed by atoms with van der Waals surface area (Å²) in [6, 6.07) is 0.216. The predicted octanol–water partition coefficient (Wildman–Crippen LogP) is 2.41. The normalized spacial score (nSPS) is 16.1. The van der Waals surface area contributed by atoms with Gasteiger partial charge in [-0.1, -0.05) is 0 Å². The summed E-state index contributed by atoms with van der Waals surface area (Å²) in [6.45, 7) is 0.644. The lowest BCUT2D eigenvalue weighted by Crippen LogP contribution is -2.27. The Labute approximate surface area is 113 Å². The molecule has 0 saturated carbocycles. The van der Waals surface area contributed by atoms with Gasteiger partial charge in [0.1, 0.15) is 12.1 Å². The van der Waals surface area contributed by atoms with E-state index in [2.05, 4.69) is 15.3 Å². The number of nitrogens with one attached hydrogen (secondary N) is 1. The van der Waals surface area contributed by atoms with Crippen LogP contribution in [0.25, 0.3) is 0 Å². The van der Waals surface area contributed by atoms with Gasteiger partial charge in [-0.05, 0) is 32.1 Å². The first-order valence-electron chi connectivity index (χ1n) is 6.49. The van der Waals surface area contributed by atoms with Crippen molar-refractivity contribution in [3.8, 4) is 0 Å². The Balaban J connectivity index is 2.12. The number of aryl methyl sites for hydroxylation is 1. The van der Waals surface area contributed by atoms with Gasteiger partial charge in [0.15, 0.2) is 0 Å². The van der Waals surface area contributed by atoms with Gasteiger partial charge in [0, 0.05) is 24.2 Å². The van der Waals surface area contributed by atoms with E-state index in [1.165, 1.54) is 24.1 Å². The first kappa shape index (κ1) is 13.6. The molecule has 5 heteroatoms. The molecular formula is C13H20ClN3O. The highest BCUT2D eigenvalue weighted by Gasteiger charge is 2.17. The van der Waals surface area contributed by atoms with E-state index < -0.39 is 0 Å². The number of halogens is 1. The van der Waals surface area contributed by atoms with Crippen LogP contribution in [0.15, 0.2) is 6.33 Å². The molecule has 1 aromatic rings. The smallest absolute Gasteiger partial charge is 0.133 e. The maximum atomic E-state index is 5.81. The largest absolute Gasteiger partial charge is 0.383 e. The zero-order valence-corrected chi connectivity index (χ0v) is 11.5. The van der Waals surface area contributed by atoms with Crippen molar-refractivity contribution >= 4 is 17.4 Å². The number of ether oxygens (including phenoxy) is 1. The SMILES string of the molecule is COCC(CCCl)Nc1ncnc2c1CCCC2. The highest BCUT2D eigenvalue weighted by molar-refractivity contribution is 6.17. The summed E-state index contributed by atoms with van der Waals surface area (Å²) in [5.74, 6) is 1.58. The van der Waals surface area contributed by atoms with Crippen molar-refractivity contribution < 1.29 is 4.74 Å². The molecule has 1 N–H and O–H groups in total. The molecule has 0 aliphatic heterocycles. The molecule has 1 aromatic heterocycles. The summed E-state index contributed by atoms with van der Waals surface area (Å²) in [5.41, 5.74) is 2.47. The van der Waals surface area contributed by atoms with Crippen molar-refractivity contribution in [1.82, 2.24) is 9.97 Å². The average Bonchev–Trinajstić information content (AvgIpc) is 2.40. The van der Waals surface area contributed by atoms with Crippen molar-refractivity contribution in [1.29, 1.82) is 0 Å². The van der Waals surface area contributed by atoms with Crippen LogP contribution in [0.4, 0.5) is 5.82 Å². The summed E-state index contributed by atoms with van der Waals surface area (Å²) in [6.07, 6.45) is 7.10. The Morgan fingerprint density at radius 1 is 1.39 bits per heavy atom. The molecular weight excluding hydrogens is 250 g/mol. The molecule has 1 heterocycles. The van der Waals surface area contributed by atoms with E-state index in [-0.39, 0.29) is 6.04 Å². The van der Waals surface area contributed by atoms with Gasteiger partial charge in [0.05, 0.1) is 12.6 Å². The summed E-state index contributed by atoms with van der Waals surface area (Å²) in [7, 11) is 1.71. The number of fused-ring (bicyclic) bond motifs is 1. The molecule has 0 fully saturated rings. The Morgan fingerprint density at radius 2 is 2.22 bits per heavy atom. The number of anilines is 1. The van der Waals surface area contributed by atoms with E-state index in [1.54, 1.807) is 13.4 Å². The van der Waals surface area contributed by atoms with Gasteiger partial charge in [-0.2, -0.15) is 0 Å². The van der Waals surface area contributed by atoms with Crippen molar-refractivity contribution in [2.24, 2.45) is 0 Å². The lowest BCUT2D eigenvalue weighted by atomic mass is 9.96. The van der Waals surface area contributed by atoms with Gasteiger partial charge in [0.25, 0.3) is 0 Å². The van der Waals surface area contributed by atoms with E-state index in [4.69, 9.17) is 16.3 Å². The zero-order chi connectivity index (χ0) is 12.8. The predicted molar refractivity (Wildman–Crippen MR) is 73.3 cm³/mol. The Morgan fingerprint density at radius 3 is 3.00 bits per heavy atom. The fourth-order valence-electron chi connectivity index (χ4n) is 2.37. The molecule has 0 aromatic carbocycles. The summed E-state index contributed by atoms with van der Waals surface area (Å²) in [4.78, 5) is 8.75. The molecule has 1 aliphatic rings. The second kappa shape index (κ2) is 6.90. The summed E-state index contributed by atoms with van der Waals surface area (Å²) in [5, 5.41) is 3.45. The van der Waals surface area contributed by atoms with Crippen molar-refractivity contribution in [3.05, 3.63) is 17.6 Å². The van der Waals surface area contributed by atoms with Crippen molar-refractivity contribution in [3.63, 3.8) is 0 Å². The lowest BCUT2D eigenvalue weighted by Gasteiger charge is -2.22. The molecule has 100 valence electrons. The van der Waals surface area contributed by atoms with Crippen LogP contribution in [-0.4, -0.2) is 35.6 Å². The van der Waals surface area contributed by atoms with Crippen LogP contribution in [0.5, 0.6) is 0 Å². The molecule has 0 amide bonds. The minimum atomic E-state index is 0.216.